The van der Waals surface area contributed by atoms with E-state index in [4.69, 9.17) is 4.74 Å². The van der Waals surface area contributed by atoms with Crippen molar-refractivity contribution in [3.8, 4) is 5.75 Å². The van der Waals surface area contributed by atoms with Crippen LogP contribution in [-0.4, -0.2) is 21.2 Å². The van der Waals surface area contributed by atoms with Crippen LogP contribution in [-0.2, 0) is 5.41 Å². The van der Waals surface area contributed by atoms with Crippen molar-refractivity contribution in [3.05, 3.63) is 65.3 Å². The predicted octanol–water partition coefficient (Wildman–Crippen LogP) is 5.51. The molecule has 0 spiro atoms. The highest BCUT2D eigenvalue weighted by Gasteiger charge is 2.27. The molecule has 0 amide bonds. The highest BCUT2D eigenvalue weighted by Crippen LogP contribution is 2.45. The minimum atomic E-state index is 0.0199. The Kier molecular flexibility index (Phi) is 4.64. The molecule has 132 valence electrons. The molecule has 2 nitrogen and oxygen atoms in total. The Labute approximate surface area is 152 Å². The van der Waals surface area contributed by atoms with Crippen molar-refractivity contribution in [2.45, 2.75) is 32.6 Å². The summed E-state index contributed by atoms with van der Waals surface area (Å²) in [5.74, 6) is 1.39. The van der Waals surface area contributed by atoms with E-state index >= 15 is 0 Å². The van der Waals surface area contributed by atoms with E-state index < -0.39 is 0 Å². The third kappa shape index (κ3) is 3.30. The van der Waals surface area contributed by atoms with E-state index in [0.29, 0.717) is 5.92 Å². The second-order valence-corrected chi connectivity index (χ2v) is 8.05. The lowest BCUT2D eigenvalue weighted by molar-refractivity contribution is 0.396. The number of rotatable bonds is 4. The van der Waals surface area contributed by atoms with Gasteiger partial charge < -0.3 is 9.64 Å². The van der Waals surface area contributed by atoms with Crippen LogP contribution in [0.5, 0.6) is 5.75 Å². The van der Waals surface area contributed by atoms with Gasteiger partial charge in [-0.3, -0.25) is 0 Å². The van der Waals surface area contributed by atoms with Gasteiger partial charge in [0.1, 0.15) is 5.75 Å². The van der Waals surface area contributed by atoms with Crippen molar-refractivity contribution in [1.29, 1.82) is 0 Å². The van der Waals surface area contributed by atoms with Crippen molar-refractivity contribution in [3.63, 3.8) is 0 Å². The zero-order valence-corrected chi connectivity index (χ0v) is 16.3. The fourth-order valence-electron chi connectivity index (χ4n) is 3.61. The zero-order valence-electron chi connectivity index (χ0n) is 16.3. The number of anilines is 1. The van der Waals surface area contributed by atoms with E-state index in [1.807, 2.05) is 0 Å². The van der Waals surface area contributed by atoms with Crippen LogP contribution >= 0.6 is 0 Å². The number of hydrogen-bond acceptors (Lipinski definition) is 2. The third-order valence-electron chi connectivity index (χ3n) is 5.00. The van der Waals surface area contributed by atoms with E-state index in [2.05, 4.69) is 88.4 Å². The molecule has 0 heterocycles. The predicted molar refractivity (Wildman–Crippen MR) is 108 cm³/mol. The van der Waals surface area contributed by atoms with Gasteiger partial charge >= 0.3 is 0 Å². The molecule has 2 heteroatoms. The van der Waals surface area contributed by atoms with Crippen LogP contribution in [0.2, 0.25) is 0 Å². The number of allylic oxidation sites excluding steroid dienone is 8. The summed E-state index contributed by atoms with van der Waals surface area (Å²) >= 11 is 0. The molecule has 25 heavy (non-hydrogen) atoms. The Morgan fingerprint density at radius 1 is 1.08 bits per heavy atom. The molecule has 0 atom stereocenters. The lowest BCUT2D eigenvalue weighted by Gasteiger charge is -2.28. The second kappa shape index (κ2) is 6.59. The largest absolute Gasteiger partial charge is 0.496 e. The van der Waals surface area contributed by atoms with Gasteiger partial charge in [0.25, 0.3) is 0 Å². The van der Waals surface area contributed by atoms with E-state index in [9.17, 15) is 0 Å². The fourth-order valence-corrected chi connectivity index (χ4v) is 3.61. The summed E-state index contributed by atoms with van der Waals surface area (Å²) in [7, 11) is 5.99. The number of methoxy groups -OCH3 is 1. The molecule has 2 aliphatic rings. The first kappa shape index (κ1) is 17.6. The molecule has 3 rings (SSSR count). The van der Waals surface area contributed by atoms with Gasteiger partial charge in [0.15, 0.2) is 0 Å². The number of hydrogen-bond donors (Lipinski definition) is 0. The summed E-state index contributed by atoms with van der Waals surface area (Å²) in [5, 5.41) is 0. The minimum Gasteiger partial charge on any atom is -0.496 e. The van der Waals surface area contributed by atoms with Crippen LogP contribution in [0.1, 0.15) is 38.3 Å². The van der Waals surface area contributed by atoms with Gasteiger partial charge in [-0.1, -0.05) is 57.2 Å². The van der Waals surface area contributed by atoms with Crippen LogP contribution in [0.25, 0.3) is 5.57 Å². The van der Waals surface area contributed by atoms with Crippen LogP contribution < -0.4 is 9.64 Å². The van der Waals surface area contributed by atoms with Gasteiger partial charge in [0.2, 0.25) is 0 Å². The zero-order chi connectivity index (χ0) is 18.2. The second-order valence-electron chi connectivity index (χ2n) is 8.05. The van der Waals surface area contributed by atoms with Gasteiger partial charge in [-0.05, 0) is 35.1 Å². The van der Waals surface area contributed by atoms with Gasteiger partial charge in [0.05, 0.1) is 7.11 Å². The average molecular weight is 335 g/mol. The first-order valence-electron chi connectivity index (χ1n) is 8.97. The maximum atomic E-state index is 5.94. The highest BCUT2D eigenvalue weighted by molar-refractivity contribution is 5.82. The van der Waals surface area contributed by atoms with Crippen LogP contribution in [0.4, 0.5) is 5.69 Å². The molecule has 2 aliphatic carbocycles. The van der Waals surface area contributed by atoms with Crippen molar-refractivity contribution in [2.75, 3.05) is 26.1 Å². The Morgan fingerprint density at radius 2 is 1.76 bits per heavy atom. The first-order chi connectivity index (χ1) is 11.8. The third-order valence-corrected chi connectivity index (χ3v) is 5.00. The molecule has 0 aromatic heterocycles. The quantitative estimate of drug-likeness (QED) is 0.719. The van der Waals surface area contributed by atoms with Crippen LogP contribution in [0.3, 0.4) is 0 Å². The maximum absolute atomic E-state index is 5.94. The van der Waals surface area contributed by atoms with Crippen LogP contribution in [0, 0.1) is 5.92 Å². The summed E-state index contributed by atoms with van der Waals surface area (Å²) in [5.41, 5.74) is 6.49. The van der Waals surface area contributed by atoms with Gasteiger partial charge in [-0.15, -0.1) is 0 Å². The average Bonchev–Trinajstić information content (AvgIpc) is 3.23. The SMILES string of the molecule is COc1c(C2=C(C3C=CC=C3)C=CC2)cc(N(C)C)cc1C(C)(C)C. The van der Waals surface area contributed by atoms with E-state index in [-0.39, 0.29) is 5.41 Å². The summed E-state index contributed by atoms with van der Waals surface area (Å²) in [6.07, 6.45) is 14.3. The molecule has 0 bridgehead atoms. The Balaban J connectivity index is 2.24. The van der Waals surface area contributed by atoms with Crippen molar-refractivity contribution < 1.29 is 4.74 Å². The number of benzene rings is 1. The smallest absolute Gasteiger partial charge is 0.130 e. The minimum absolute atomic E-state index is 0.0199. The van der Waals surface area contributed by atoms with E-state index in [1.165, 1.54) is 28.0 Å². The first-order valence-corrected chi connectivity index (χ1v) is 8.97. The summed E-state index contributed by atoms with van der Waals surface area (Å²) in [6, 6.07) is 4.54. The summed E-state index contributed by atoms with van der Waals surface area (Å²) in [6.45, 7) is 6.75. The molecule has 0 aliphatic heterocycles. The number of nitrogens with zero attached hydrogens (tertiary/aromatic N) is 1. The van der Waals surface area contributed by atoms with E-state index in [1.54, 1.807) is 7.11 Å². The molecular formula is C23H29NO. The topological polar surface area (TPSA) is 12.5 Å². The standard InChI is InChI=1S/C23H29NO/c1-23(2,3)21-15-17(24(4)5)14-20(22(21)25-6)19-13-9-12-18(19)16-10-7-8-11-16/h7-12,14-16H,13H2,1-6H3. The molecule has 0 radical (unpaired) electrons. The molecular weight excluding hydrogens is 306 g/mol. The monoisotopic (exact) mass is 335 g/mol. The summed E-state index contributed by atoms with van der Waals surface area (Å²) < 4.78 is 5.94. The molecule has 1 aromatic carbocycles. The van der Waals surface area contributed by atoms with Gasteiger partial charge in [-0.25, -0.2) is 0 Å². The Bertz CT molecular complexity index is 773. The van der Waals surface area contributed by atoms with Crippen molar-refractivity contribution >= 4 is 11.3 Å². The molecule has 0 fully saturated rings. The molecule has 1 aromatic rings. The maximum Gasteiger partial charge on any atom is 0.130 e. The highest BCUT2D eigenvalue weighted by atomic mass is 16.5. The number of ether oxygens (including phenoxy) is 1. The van der Waals surface area contributed by atoms with E-state index in [0.717, 1.165) is 12.2 Å². The Morgan fingerprint density at radius 3 is 2.32 bits per heavy atom. The molecule has 0 saturated carbocycles. The summed E-state index contributed by atoms with van der Waals surface area (Å²) in [4.78, 5) is 2.18. The lowest BCUT2D eigenvalue weighted by Crippen LogP contribution is -2.17. The van der Waals surface area contributed by atoms with Gasteiger partial charge in [0, 0.05) is 36.8 Å². The lowest BCUT2D eigenvalue weighted by atomic mass is 9.82. The molecule has 0 unspecified atom stereocenters. The molecule has 0 saturated heterocycles. The molecule has 0 N–H and O–H groups in total. The van der Waals surface area contributed by atoms with Crippen molar-refractivity contribution in [1.82, 2.24) is 0 Å². The van der Waals surface area contributed by atoms with Gasteiger partial charge in [-0.2, -0.15) is 0 Å². The Hall–Kier alpha value is -2.22. The van der Waals surface area contributed by atoms with Crippen molar-refractivity contribution in [2.24, 2.45) is 5.92 Å². The van der Waals surface area contributed by atoms with Crippen LogP contribution in [0.15, 0.2) is 54.2 Å². The normalized spacial score (nSPS) is 17.0. The fraction of sp³-hybridized carbons (Fsp3) is 0.391.